The molecule has 2 aromatic carbocycles. The number of nitrogens with one attached hydrogen (secondary N) is 1. The highest BCUT2D eigenvalue weighted by molar-refractivity contribution is 7.92. The quantitative estimate of drug-likeness (QED) is 0.829. The van der Waals surface area contributed by atoms with Gasteiger partial charge in [0.15, 0.2) is 0 Å². The lowest BCUT2D eigenvalue weighted by Gasteiger charge is -2.24. The molecule has 0 aromatic heterocycles. The van der Waals surface area contributed by atoms with E-state index in [1.54, 1.807) is 31.2 Å². The molecule has 0 saturated heterocycles. The molecule has 0 aliphatic carbocycles. The number of anilines is 2. The normalized spacial score (nSPS) is 11.2. The van der Waals surface area contributed by atoms with E-state index in [-0.39, 0.29) is 18.9 Å². The fourth-order valence-corrected chi connectivity index (χ4v) is 3.63. The van der Waals surface area contributed by atoms with E-state index in [9.17, 15) is 13.2 Å². The molecule has 0 bridgehead atoms. The second-order valence-corrected chi connectivity index (χ2v) is 8.20. The van der Waals surface area contributed by atoms with E-state index in [0.29, 0.717) is 22.0 Å². The summed E-state index contributed by atoms with van der Waals surface area (Å²) in [5, 5.41) is 3.26. The Kier molecular flexibility index (Phi) is 6.08. The highest BCUT2D eigenvalue weighted by atomic mass is 35.5. The molecule has 1 N–H and O–H groups in total. The summed E-state index contributed by atoms with van der Waals surface area (Å²) in [6.07, 6.45) is 1.15. The number of nitrogens with zero attached hydrogens (tertiary/aromatic N) is 1. The van der Waals surface area contributed by atoms with Gasteiger partial charge in [0.2, 0.25) is 15.9 Å². The zero-order chi connectivity index (χ0) is 18.6. The number of aryl methyl sites for hydroxylation is 1. The van der Waals surface area contributed by atoms with Gasteiger partial charge in [-0.05, 0) is 49.2 Å². The van der Waals surface area contributed by atoms with Gasteiger partial charge in [-0.25, -0.2) is 8.42 Å². The van der Waals surface area contributed by atoms with Crippen LogP contribution in [0.3, 0.4) is 0 Å². The topological polar surface area (TPSA) is 66.5 Å². The SMILES string of the molecule is Cc1cccc(NC(=O)CCN(c2cccc(Cl)c2C)S(C)(=O)=O)c1. The smallest absolute Gasteiger partial charge is 0.232 e. The van der Waals surface area contributed by atoms with Crippen LogP contribution in [0, 0.1) is 13.8 Å². The van der Waals surface area contributed by atoms with Crippen molar-refractivity contribution in [3.8, 4) is 0 Å². The number of carbonyl (C=O) groups is 1. The molecule has 134 valence electrons. The van der Waals surface area contributed by atoms with Gasteiger partial charge < -0.3 is 5.32 Å². The van der Waals surface area contributed by atoms with Crippen LogP contribution in [0.1, 0.15) is 17.5 Å². The summed E-state index contributed by atoms with van der Waals surface area (Å²) in [5.41, 5.74) is 2.87. The van der Waals surface area contributed by atoms with Crippen LogP contribution in [0.15, 0.2) is 42.5 Å². The number of amides is 1. The molecule has 25 heavy (non-hydrogen) atoms. The third-order valence-electron chi connectivity index (χ3n) is 3.75. The Morgan fingerprint density at radius 1 is 1.16 bits per heavy atom. The minimum Gasteiger partial charge on any atom is -0.326 e. The lowest BCUT2D eigenvalue weighted by molar-refractivity contribution is -0.116. The summed E-state index contributed by atoms with van der Waals surface area (Å²) in [5.74, 6) is -0.251. The third kappa shape index (κ3) is 5.21. The minimum atomic E-state index is -3.54. The highest BCUT2D eigenvalue weighted by Gasteiger charge is 2.21. The Bertz CT molecular complexity index is 882. The summed E-state index contributed by atoms with van der Waals surface area (Å²) in [4.78, 5) is 12.2. The van der Waals surface area contributed by atoms with Crippen molar-refractivity contribution in [1.29, 1.82) is 0 Å². The number of carbonyl (C=O) groups excluding carboxylic acids is 1. The van der Waals surface area contributed by atoms with Crippen molar-refractivity contribution in [1.82, 2.24) is 0 Å². The summed E-state index contributed by atoms with van der Waals surface area (Å²) >= 11 is 6.09. The van der Waals surface area contributed by atoms with E-state index in [1.807, 2.05) is 25.1 Å². The summed E-state index contributed by atoms with van der Waals surface area (Å²) in [6, 6.07) is 12.5. The maximum atomic E-state index is 12.2. The standard InChI is InChI=1S/C18H21ClN2O3S/c1-13-6-4-7-15(12-13)20-18(22)10-11-21(25(3,23)24)17-9-5-8-16(19)14(17)2/h4-9,12H,10-11H2,1-3H3,(H,20,22). The first-order valence-corrected chi connectivity index (χ1v) is 10.0. The molecule has 0 unspecified atom stereocenters. The van der Waals surface area contributed by atoms with E-state index in [4.69, 9.17) is 11.6 Å². The predicted molar refractivity (Wildman–Crippen MR) is 103 cm³/mol. The van der Waals surface area contributed by atoms with Gasteiger partial charge in [0.25, 0.3) is 0 Å². The van der Waals surface area contributed by atoms with Crippen molar-refractivity contribution < 1.29 is 13.2 Å². The van der Waals surface area contributed by atoms with Crippen LogP contribution in [0.5, 0.6) is 0 Å². The van der Waals surface area contributed by atoms with E-state index in [2.05, 4.69) is 5.32 Å². The van der Waals surface area contributed by atoms with Crippen LogP contribution in [-0.4, -0.2) is 27.1 Å². The van der Waals surface area contributed by atoms with E-state index >= 15 is 0 Å². The van der Waals surface area contributed by atoms with Gasteiger partial charge in [-0.3, -0.25) is 9.10 Å². The Labute approximate surface area is 153 Å². The number of halogens is 1. The fraction of sp³-hybridized carbons (Fsp3) is 0.278. The molecule has 2 rings (SSSR count). The van der Waals surface area contributed by atoms with E-state index in [0.717, 1.165) is 11.8 Å². The number of hydrogen-bond donors (Lipinski definition) is 1. The predicted octanol–water partition coefficient (Wildman–Crippen LogP) is 3.75. The van der Waals surface area contributed by atoms with Crippen LogP contribution in [0.2, 0.25) is 5.02 Å². The van der Waals surface area contributed by atoms with Crippen LogP contribution < -0.4 is 9.62 Å². The Morgan fingerprint density at radius 3 is 2.48 bits per heavy atom. The molecule has 0 radical (unpaired) electrons. The lowest BCUT2D eigenvalue weighted by Crippen LogP contribution is -2.33. The third-order valence-corrected chi connectivity index (χ3v) is 5.34. The molecule has 0 heterocycles. The molecular formula is C18H21ClN2O3S. The number of rotatable bonds is 6. The number of hydrogen-bond acceptors (Lipinski definition) is 3. The summed E-state index contributed by atoms with van der Waals surface area (Å²) < 4.78 is 25.5. The van der Waals surface area contributed by atoms with Crippen molar-refractivity contribution in [2.24, 2.45) is 0 Å². The largest absolute Gasteiger partial charge is 0.326 e. The van der Waals surface area contributed by atoms with Gasteiger partial charge >= 0.3 is 0 Å². The molecule has 0 fully saturated rings. The highest BCUT2D eigenvalue weighted by Crippen LogP contribution is 2.28. The molecule has 0 aliphatic rings. The molecule has 0 atom stereocenters. The lowest BCUT2D eigenvalue weighted by atomic mass is 10.2. The average molecular weight is 381 g/mol. The molecule has 1 amide bonds. The monoisotopic (exact) mass is 380 g/mol. The van der Waals surface area contributed by atoms with Gasteiger partial charge in [-0.1, -0.05) is 29.8 Å². The number of benzene rings is 2. The zero-order valence-corrected chi connectivity index (χ0v) is 16.0. The first-order chi connectivity index (χ1) is 11.7. The summed E-state index contributed by atoms with van der Waals surface area (Å²) in [7, 11) is -3.54. The molecule has 5 nitrogen and oxygen atoms in total. The van der Waals surface area contributed by atoms with E-state index < -0.39 is 10.0 Å². The second-order valence-electron chi connectivity index (χ2n) is 5.89. The van der Waals surface area contributed by atoms with Crippen LogP contribution in [-0.2, 0) is 14.8 Å². The Hall–Kier alpha value is -2.05. The molecular weight excluding hydrogens is 360 g/mol. The minimum absolute atomic E-state index is 0.0347. The maximum absolute atomic E-state index is 12.2. The van der Waals surface area contributed by atoms with Crippen LogP contribution >= 0.6 is 11.6 Å². The molecule has 7 heteroatoms. The average Bonchev–Trinajstić information content (AvgIpc) is 2.50. The van der Waals surface area contributed by atoms with Crippen molar-refractivity contribution in [2.75, 3.05) is 22.4 Å². The second kappa shape index (κ2) is 7.89. The van der Waals surface area contributed by atoms with Gasteiger partial charge in [-0.2, -0.15) is 0 Å². The van der Waals surface area contributed by atoms with Crippen LogP contribution in [0.25, 0.3) is 0 Å². The Morgan fingerprint density at radius 2 is 1.84 bits per heavy atom. The molecule has 2 aromatic rings. The number of sulfonamides is 1. The molecule has 0 spiro atoms. The summed E-state index contributed by atoms with van der Waals surface area (Å²) in [6.45, 7) is 3.73. The van der Waals surface area contributed by atoms with Crippen molar-refractivity contribution in [3.05, 3.63) is 58.6 Å². The van der Waals surface area contributed by atoms with Crippen molar-refractivity contribution >= 4 is 38.9 Å². The zero-order valence-electron chi connectivity index (χ0n) is 14.4. The van der Waals surface area contributed by atoms with Gasteiger partial charge in [0, 0.05) is 23.7 Å². The molecule has 0 saturated carbocycles. The maximum Gasteiger partial charge on any atom is 0.232 e. The first-order valence-electron chi connectivity index (χ1n) is 7.78. The van der Waals surface area contributed by atoms with Crippen molar-refractivity contribution in [3.63, 3.8) is 0 Å². The van der Waals surface area contributed by atoms with Crippen molar-refractivity contribution in [2.45, 2.75) is 20.3 Å². The fourth-order valence-electron chi connectivity index (χ4n) is 2.48. The van der Waals surface area contributed by atoms with E-state index in [1.165, 1.54) is 4.31 Å². The first kappa shape index (κ1) is 19.3. The van der Waals surface area contributed by atoms with Crippen LogP contribution in [0.4, 0.5) is 11.4 Å². The van der Waals surface area contributed by atoms with Gasteiger partial charge in [-0.15, -0.1) is 0 Å². The Balaban J connectivity index is 2.13. The van der Waals surface area contributed by atoms with Gasteiger partial charge in [0.05, 0.1) is 11.9 Å². The molecule has 0 aliphatic heterocycles. The van der Waals surface area contributed by atoms with Gasteiger partial charge in [0.1, 0.15) is 0 Å².